The van der Waals surface area contributed by atoms with Crippen LogP contribution in [0.1, 0.15) is 27.0 Å². The van der Waals surface area contributed by atoms with E-state index in [4.69, 9.17) is 4.74 Å². The van der Waals surface area contributed by atoms with Gasteiger partial charge in [0.25, 0.3) is 5.91 Å². The molecule has 0 saturated carbocycles. The van der Waals surface area contributed by atoms with Crippen LogP contribution in [-0.2, 0) is 13.1 Å². The molecule has 2 heterocycles. The van der Waals surface area contributed by atoms with Gasteiger partial charge in [-0.3, -0.25) is 13.9 Å². The summed E-state index contributed by atoms with van der Waals surface area (Å²) in [6.45, 7) is 5.00. The highest BCUT2D eigenvalue weighted by molar-refractivity contribution is 5.95. The number of aryl methyl sites for hydroxylation is 2. The Hall–Kier alpha value is -3.87. The lowest BCUT2D eigenvalue weighted by atomic mass is 10.1. The van der Waals surface area contributed by atoms with Gasteiger partial charge in [0.05, 0.1) is 19.2 Å². The molecule has 2 aromatic heterocycles. The molecule has 0 saturated heterocycles. The number of carbonyl (C=O) groups excluding carboxylic acids is 1. The average molecular weight is 431 g/mol. The molecule has 32 heavy (non-hydrogen) atoms. The molecule has 2 aromatic carbocycles. The molecular formula is C25H26N4O3. The topological polar surface area (TPSA) is 78.1 Å². The lowest BCUT2D eigenvalue weighted by Crippen LogP contribution is -2.32. The van der Waals surface area contributed by atoms with Crippen LogP contribution >= 0.6 is 0 Å². The summed E-state index contributed by atoms with van der Waals surface area (Å²) in [7, 11) is 1.59. The molecule has 0 bridgehead atoms. The van der Waals surface area contributed by atoms with Gasteiger partial charge in [-0.25, -0.2) is 9.78 Å². The molecule has 0 aliphatic heterocycles. The van der Waals surface area contributed by atoms with Gasteiger partial charge < -0.3 is 10.1 Å². The van der Waals surface area contributed by atoms with Crippen molar-refractivity contribution >= 4 is 17.1 Å². The minimum atomic E-state index is -0.185. The van der Waals surface area contributed by atoms with Crippen molar-refractivity contribution in [2.24, 2.45) is 0 Å². The van der Waals surface area contributed by atoms with Gasteiger partial charge >= 0.3 is 5.69 Å². The maximum Gasteiger partial charge on any atom is 0.330 e. The number of fused-ring (bicyclic) bond motifs is 1. The number of pyridine rings is 1. The van der Waals surface area contributed by atoms with E-state index in [1.54, 1.807) is 34.6 Å². The molecule has 4 rings (SSSR count). The third-order valence-electron chi connectivity index (χ3n) is 5.50. The summed E-state index contributed by atoms with van der Waals surface area (Å²) in [6.07, 6.45) is 1.68. The molecule has 0 unspecified atom stereocenters. The van der Waals surface area contributed by atoms with E-state index in [0.29, 0.717) is 36.6 Å². The standard InChI is InChI=1S/C25H26N4O3/c1-17-6-4-7-19(14-17)16-29-22-8-5-11-26-23(22)28(25(29)31)13-12-27-24(30)21-10-9-20(32-3)15-18(21)2/h4-11,14-15H,12-13,16H2,1-3H3,(H,27,30). The maximum atomic E-state index is 13.2. The summed E-state index contributed by atoms with van der Waals surface area (Å²) in [5.41, 5.74) is 4.85. The van der Waals surface area contributed by atoms with Crippen LogP contribution in [-0.4, -0.2) is 33.7 Å². The van der Waals surface area contributed by atoms with Crippen molar-refractivity contribution in [2.45, 2.75) is 26.9 Å². The fourth-order valence-corrected chi connectivity index (χ4v) is 3.89. The van der Waals surface area contributed by atoms with Crippen molar-refractivity contribution in [2.75, 3.05) is 13.7 Å². The lowest BCUT2D eigenvalue weighted by Gasteiger charge is -2.09. The highest BCUT2D eigenvalue weighted by Gasteiger charge is 2.15. The monoisotopic (exact) mass is 430 g/mol. The first kappa shape index (κ1) is 21.4. The van der Waals surface area contributed by atoms with Gasteiger partial charge in [0.2, 0.25) is 0 Å². The van der Waals surface area contributed by atoms with E-state index in [1.165, 1.54) is 0 Å². The van der Waals surface area contributed by atoms with Crippen LogP contribution in [0.3, 0.4) is 0 Å². The minimum Gasteiger partial charge on any atom is -0.497 e. The van der Waals surface area contributed by atoms with Crippen LogP contribution < -0.4 is 15.7 Å². The summed E-state index contributed by atoms with van der Waals surface area (Å²) >= 11 is 0. The van der Waals surface area contributed by atoms with Gasteiger partial charge in [-0.05, 0) is 55.3 Å². The second-order valence-corrected chi connectivity index (χ2v) is 7.79. The van der Waals surface area contributed by atoms with Crippen molar-refractivity contribution in [3.05, 3.63) is 93.5 Å². The Kier molecular flexibility index (Phi) is 6.07. The summed E-state index contributed by atoms with van der Waals surface area (Å²) in [5, 5.41) is 2.91. The molecule has 0 fully saturated rings. The predicted molar refractivity (Wildman–Crippen MR) is 124 cm³/mol. The normalized spacial score (nSPS) is 11.0. The summed E-state index contributed by atoms with van der Waals surface area (Å²) in [4.78, 5) is 30.3. The fraction of sp³-hybridized carbons (Fsp3) is 0.240. The van der Waals surface area contributed by atoms with E-state index in [1.807, 2.05) is 50.2 Å². The molecule has 0 aliphatic rings. The minimum absolute atomic E-state index is 0.143. The molecule has 164 valence electrons. The molecule has 0 aliphatic carbocycles. The summed E-state index contributed by atoms with van der Waals surface area (Å²) in [6, 6.07) is 17.2. The zero-order chi connectivity index (χ0) is 22.7. The van der Waals surface area contributed by atoms with Crippen LogP contribution in [0.4, 0.5) is 0 Å². The SMILES string of the molecule is COc1ccc(C(=O)NCCn2c(=O)n(Cc3cccc(C)c3)c3cccnc32)c(C)c1. The fourth-order valence-electron chi connectivity index (χ4n) is 3.89. The van der Waals surface area contributed by atoms with E-state index in [2.05, 4.69) is 16.4 Å². The number of methoxy groups -OCH3 is 1. The molecule has 7 heteroatoms. The Bertz CT molecular complexity index is 1340. The van der Waals surface area contributed by atoms with Gasteiger partial charge in [-0.1, -0.05) is 29.8 Å². The number of imidazole rings is 1. The second-order valence-electron chi connectivity index (χ2n) is 7.79. The Morgan fingerprint density at radius 3 is 2.66 bits per heavy atom. The number of hydrogen-bond donors (Lipinski definition) is 1. The number of nitrogens with one attached hydrogen (secondary N) is 1. The number of ether oxygens (including phenoxy) is 1. The van der Waals surface area contributed by atoms with E-state index in [-0.39, 0.29) is 11.6 Å². The largest absolute Gasteiger partial charge is 0.497 e. The van der Waals surface area contributed by atoms with Crippen LogP contribution in [0, 0.1) is 13.8 Å². The number of aromatic nitrogens is 3. The number of nitrogens with zero attached hydrogens (tertiary/aromatic N) is 3. The van der Waals surface area contributed by atoms with Crippen molar-refractivity contribution in [3.63, 3.8) is 0 Å². The van der Waals surface area contributed by atoms with E-state index in [9.17, 15) is 9.59 Å². The smallest absolute Gasteiger partial charge is 0.330 e. The quantitative estimate of drug-likeness (QED) is 0.488. The van der Waals surface area contributed by atoms with Crippen molar-refractivity contribution in [3.8, 4) is 5.75 Å². The molecule has 7 nitrogen and oxygen atoms in total. The van der Waals surface area contributed by atoms with Gasteiger partial charge in [0.15, 0.2) is 5.65 Å². The molecule has 4 aromatic rings. The molecule has 0 radical (unpaired) electrons. The predicted octanol–water partition coefficient (Wildman–Crippen LogP) is 3.30. The number of carbonyl (C=O) groups is 1. The zero-order valence-electron chi connectivity index (χ0n) is 18.5. The van der Waals surface area contributed by atoms with Crippen LogP contribution in [0.5, 0.6) is 5.75 Å². The van der Waals surface area contributed by atoms with E-state index >= 15 is 0 Å². The van der Waals surface area contributed by atoms with E-state index < -0.39 is 0 Å². The van der Waals surface area contributed by atoms with Gasteiger partial charge in [-0.2, -0.15) is 0 Å². The van der Waals surface area contributed by atoms with Crippen LogP contribution in [0.15, 0.2) is 65.6 Å². The zero-order valence-corrected chi connectivity index (χ0v) is 18.5. The number of amides is 1. The maximum absolute atomic E-state index is 13.2. The Morgan fingerprint density at radius 1 is 1.06 bits per heavy atom. The van der Waals surface area contributed by atoms with Crippen molar-refractivity contribution < 1.29 is 9.53 Å². The lowest BCUT2D eigenvalue weighted by molar-refractivity contribution is 0.0951. The number of benzene rings is 2. The summed E-state index contributed by atoms with van der Waals surface area (Å²) < 4.78 is 8.54. The first-order valence-electron chi connectivity index (χ1n) is 10.5. The van der Waals surface area contributed by atoms with Crippen LogP contribution in [0.25, 0.3) is 11.2 Å². The van der Waals surface area contributed by atoms with Crippen molar-refractivity contribution in [1.82, 2.24) is 19.4 Å². The molecule has 1 N–H and O–H groups in total. The highest BCUT2D eigenvalue weighted by Crippen LogP contribution is 2.17. The second kappa shape index (κ2) is 9.09. The number of hydrogen-bond acceptors (Lipinski definition) is 4. The Labute approximate surface area is 186 Å². The molecule has 0 atom stereocenters. The first-order chi connectivity index (χ1) is 15.5. The first-order valence-corrected chi connectivity index (χ1v) is 10.5. The Morgan fingerprint density at radius 2 is 1.91 bits per heavy atom. The van der Waals surface area contributed by atoms with Crippen molar-refractivity contribution in [1.29, 1.82) is 0 Å². The van der Waals surface area contributed by atoms with Crippen LogP contribution in [0.2, 0.25) is 0 Å². The average Bonchev–Trinajstić information content (AvgIpc) is 3.05. The third-order valence-corrected chi connectivity index (χ3v) is 5.50. The number of rotatable bonds is 7. The van der Waals surface area contributed by atoms with Gasteiger partial charge in [-0.15, -0.1) is 0 Å². The Balaban J connectivity index is 1.54. The molecular weight excluding hydrogens is 404 g/mol. The molecule has 1 amide bonds. The van der Waals surface area contributed by atoms with E-state index in [0.717, 1.165) is 22.2 Å². The highest BCUT2D eigenvalue weighted by atomic mass is 16.5. The summed E-state index contributed by atoms with van der Waals surface area (Å²) in [5.74, 6) is 0.521. The molecule has 0 spiro atoms. The third kappa shape index (κ3) is 4.27. The van der Waals surface area contributed by atoms with Gasteiger partial charge in [0, 0.05) is 24.8 Å². The van der Waals surface area contributed by atoms with Gasteiger partial charge in [0.1, 0.15) is 5.75 Å².